The van der Waals surface area contributed by atoms with Crippen LogP contribution in [0, 0.1) is 11.7 Å². The SMILES string of the molecule is CCOc1cc(C(=O)N[C@H](Cc2ccc(-c3cc(Cl)ccc3F)cc2)C(C)[C@](C)(OC)C(=O)O)[nH]n1. The number of carbonyl (C=O) groups excluding carboxylic acids is 1. The number of carboxylic acids is 1. The van der Waals surface area contributed by atoms with Gasteiger partial charge in [-0.15, -0.1) is 5.10 Å². The van der Waals surface area contributed by atoms with Crippen molar-refractivity contribution in [2.75, 3.05) is 13.7 Å². The van der Waals surface area contributed by atoms with E-state index in [1.807, 2.05) is 0 Å². The average Bonchev–Trinajstić information content (AvgIpc) is 3.33. The zero-order valence-electron chi connectivity index (χ0n) is 20.5. The zero-order valence-corrected chi connectivity index (χ0v) is 21.2. The number of benzene rings is 2. The third kappa shape index (κ3) is 6.03. The number of carboxylic acid groups (broad SMARTS) is 1. The first-order valence-corrected chi connectivity index (χ1v) is 11.8. The lowest BCUT2D eigenvalue weighted by Gasteiger charge is -2.36. The minimum absolute atomic E-state index is 0.178. The van der Waals surface area contributed by atoms with Gasteiger partial charge >= 0.3 is 5.97 Å². The fourth-order valence-corrected chi connectivity index (χ4v) is 4.06. The van der Waals surface area contributed by atoms with Gasteiger partial charge in [-0.3, -0.25) is 9.89 Å². The molecule has 3 atom stereocenters. The van der Waals surface area contributed by atoms with E-state index < -0.39 is 35.3 Å². The van der Waals surface area contributed by atoms with Crippen LogP contribution in [-0.4, -0.2) is 52.5 Å². The Bertz CT molecular complexity index is 1220. The molecule has 1 amide bonds. The summed E-state index contributed by atoms with van der Waals surface area (Å²) in [5.41, 5.74) is 0.431. The minimum atomic E-state index is -1.56. The maximum atomic E-state index is 14.3. The Morgan fingerprint density at radius 3 is 2.53 bits per heavy atom. The largest absolute Gasteiger partial charge is 0.479 e. The lowest BCUT2D eigenvalue weighted by molar-refractivity contribution is -0.167. The van der Waals surface area contributed by atoms with Crippen LogP contribution in [0.3, 0.4) is 0 Å². The number of aromatic amines is 1. The van der Waals surface area contributed by atoms with Gasteiger partial charge in [0.2, 0.25) is 5.88 Å². The molecule has 0 aliphatic rings. The van der Waals surface area contributed by atoms with Crippen LogP contribution in [-0.2, 0) is 16.0 Å². The van der Waals surface area contributed by atoms with Crippen molar-refractivity contribution < 1.29 is 28.6 Å². The van der Waals surface area contributed by atoms with Crippen molar-refractivity contribution in [3.05, 3.63) is 70.6 Å². The van der Waals surface area contributed by atoms with Crippen LogP contribution >= 0.6 is 11.6 Å². The molecule has 192 valence electrons. The normalized spacial score (nSPS) is 14.5. The van der Waals surface area contributed by atoms with Gasteiger partial charge in [-0.05, 0) is 49.6 Å². The molecular weight excluding hydrogens is 489 g/mol. The van der Waals surface area contributed by atoms with Gasteiger partial charge in [-0.25, -0.2) is 9.18 Å². The van der Waals surface area contributed by atoms with Crippen molar-refractivity contribution in [3.8, 4) is 17.0 Å². The number of carbonyl (C=O) groups is 2. The Hall–Kier alpha value is -3.43. The molecule has 0 spiro atoms. The van der Waals surface area contributed by atoms with Crippen molar-refractivity contribution in [3.63, 3.8) is 0 Å². The van der Waals surface area contributed by atoms with E-state index in [2.05, 4.69) is 15.5 Å². The summed E-state index contributed by atoms with van der Waals surface area (Å²) in [5, 5.41) is 19.7. The second kappa shape index (κ2) is 11.5. The summed E-state index contributed by atoms with van der Waals surface area (Å²) < 4.78 is 24.9. The van der Waals surface area contributed by atoms with E-state index in [-0.39, 0.29) is 11.6 Å². The smallest absolute Gasteiger partial charge is 0.336 e. The van der Waals surface area contributed by atoms with Crippen LogP contribution < -0.4 is 10.1 Å². The predicted octanol–water partition coefficient (Wildman–Crippen LogP) is 4.73. The summed E-state index contributed by atoms with van der Waals surface area (Å²) >= 11 is 6.02. The third-order valence-corrected chi connectivity index (χ3v) is 6.61. The van der Waals surface area contributed by atoms with E-state index in [0.29, 0.717) is 29.2 Å². The van der Waals surface area contributed by atoms with Crippen molar-refractivity contribution in [1.29, 1.82) is 0 Å². The first-order chi connectivity index (χ1) is 17.1. The topological polar surface area (TPSA) is 114 Å². The highest BCUT2D eigenvalue weighted by Crippen LogP contribution is 2.29. The molecule has 0 aliphatic carbocycles. The number of methoxy groups -OCH3 is 1. The van der Waals surface area contributed by atoms with Crippen molar-refractivity contribution in [2.24, 2.45) is 5.92 Å². The second-order valence-corrected chi connectivity index (χ2v) is 9.00. The van der Waals surface area contributed by atoms with Gasteiger partial charge in [0, 0.05) is 35.7 Å². The van der Waals surface area contributed by atoms with Crippen molar-refractivity contribution in [1.82, 2.24) is 15.5 Å². The molecule has 0 bridgehead atoms. The van der Waals surface area contributed by atoms with Gasteiger partial charge in [0.1, 0.15) is 11.5 Å². The first kappa shape index (κ1) is 27.2. The standard InChI is InChI=1S/C26H29ClFN3O5/c1-5-36-23-14-22(30-31-23)24(32)29-21(15(2)26(3,35-4)25(33)34)12-16-6-8-17(9-7-16)19-13-18(27)10-11-20(19)28/h6-11,13-15,21H,5,12H2,1-4H3,(H,29,32)(H,30,31)(H,33,34)/t15?,21-,26+/m1/s1. The van der Waals surface area contributed by atoms with Crippen LogP contribution in [0.4, 0.5) is 4.39 Å². The molecule has 2 aromatic carbocycles. The van der Waals surface area contributed by atoms with E-state index in [0.717, 1.165) is 5.56 Å². The van der Waals surface area contributed by atoms with Gasteiger partial charge in [0.25, 0.3) is 5.91 Å². The van der Waals surface area contributed by atoms with Crippen LogP contribution in [0.15, 0.2) is 48.5 Å². The van der Waals surface area contributed by atoms with Gasteiger partial charge in [-0.2, -0.15) is 0 Å². The molecule has 3 aromatic rings. The monoisotopic (exact) mass is 517 g/mol. The number of aromatic nitrogens is 2. The number of hydrogen-bond acceptors (Lipinski definition) is 5. The molecule has 0 aliphatic heterocycles. The molecular formula is C26H29ClFN3O5. The molecule has 0 saturated heterocycles. The molecule has 0 radical (unpaired) electrons. The summed E-state index contributed by atoms with van der Waals surface area (Å²) in [6.07, 6.45) is 0.296. The maximum absolute atomic E-state index is 14.3. The molecule has 3 rings (SSSR count). The Balaban J connectivity index is 1.88. The number of rotatable bonds is 11. The van der Waals surface area contributed by atoms with Gasteiger partial charge in [-0.1, -0.05) is 42.8 Å². The van der Waals surface area contributed by atoms with Gasteiger partial charge in [0.15, 0.2) is 5.60 Å². The summed E-state index contributed by atoms with van der Waals surface area (Å²) in [5.74, 6) is -2.36. The van der Waals surface area contributed by atoms with Gasteiger partial charge in [0.05, 0.1) is 6.61 Å². The number of amides is 1. The highest BCUT2D eigenvalue weighted by atomic mass is 35.5. The third-order valence-electron chi connectivity index (χ3n) is 6.38. The molecule has 0 saturated carbocycles. The number of halogens is 2. The lowest BCUT2D eigenvalue weighted by atomic mass is 9.81. The molecule has 1 heterocycles. The summed E-state index contributed by atoms with van der Waals surface area (Å²) in [7, 11) is 1.32. The number of nitrogens with zero attached hydrogens (tertiary/aromatic N) is 1. The van der Waals surface area contributed by atoms with Gasteiger partial charge < -0.3 is 19.9 Å². The van der Waals surface area contributed by atoms with E-state index in [4.69, 9.17) is 21.1 Å². The Kier molecular flexibility index (Phi) is 8.70. The maximum Gasteiger partial charge on any atom is 0.336 e. The Morgan fingerprint density at radius 2 is 1.92 bits per heavy atom. The quantitative estimate of drug-likeness (QED) is 0.339. The first-order valence-electron chi connectivity index (χ1n) is 11.4. The molecule has 36 heavy (non-hydrogen) atoms. The molecule has 8 nitrogen and oxygen atoms in total. The number of ether oxygens (including phenoxy) is 2. The van der Waals surface area contributed by atoms with E-state index in [1.165, 1.54) is 32.2 Å². The second-order valence-electron chi connectivity index (χ2n) is 8.56. The molecule has 0 fully saturated rings. The minimum Gasteiger partial charge on any atom is -0.479 e. The Morgan fingerprint density at radius 1 is 1.22 bits per heavy atom. The predicted molar refractivity (Wildman–Crippen MR) is 134 cm³/mol. The number of nitrogens with one attached hydrogen (secondary N) is 2. The number of aliphatic carboxylic acids is 1. The average molecular weight is 518 g/mol. The highest BCUT2D eigenvalue weighted by molar-refractivity contribution is 6.30. The number of H-pyrrole nitrogens is 1. The van der Waals surface area contributed by atoms with E-state index >= 15 is 0 Å². The molecule has 1 aromatic heterocycles. The molecule has 10 heteroatoms. The van der Waals surface area contributed by atoms with Crippen molar-refractivity contribution in [2.45, 2.75) is 38.8 Å². The van der Waals surface area contributed by atoms with Crippen LogP contribution in [0.5, 0.6) is 5.88 Å². The van der Waals surface area contributed by atoms with Crippen molar-refractivity contribution >= 4 is 23.5 Å². The van der Waals surface area contributed by atoms with Crippen LogP contribution in [0.2, 0.25) is 5.02 Å². The molecule has 1 unspecified atom stereocenters. The summed E-state index contributed by atoms with van der Waals surface area (Å²) in [6.45, 7) is 5.37. The fraction of sp³-hybridized carbons (Fsp3) is 0.346. The summed E-state index contributed by atoms with van der Waals surface area (Å²) in [6, 6.07) is 12.3. The lowest BCUT2D eigenvalue weighted by Crippen LogP contribution is -2.54. The summed E-state index contributed by atoms with van der Waals surface area (Å²) in [4.78, 5) is 25.0. The number of hydrogen-bond donors (Lipinski definition) is 3. The Labute approximate surface area is 213 Å². The molecule has 3 N–H and O–H groups in total. The van der Waals surface area contributed by atoms with Crippen LogP contribution in [0.1, 0.15) is 36.8 Å². The van der Waals surface area contributed by atoms with E-state index in [1.54, 1.807) is 44.2 Å². The highest BCUT2D eigenvalue weighted by Gasteiger charge is 2.43. The van der Waals surface area contributed by atoms with Crippen LogP contribution in [0.25, 0.3) is 11.1 Å². The van der Waals surface area contributed by atoms with E-state index in [9.17, 15) is 19.1 Å². The zero-order chi connectivity index (χ0) is 26.5. The fourth-order valence-electron chi connectivity index (χ4n) is 3.89.